The Morgan fingerprint density at radius 1 is 1.17 bits per heavy atom. The molecule has 6 nitrogen and oxygen atoms in total. The Bertz CT molecular complexity index is 1340. The van der Waals surface area contributed by atoms with Crippen LogP contribution in [-0.2, 0) is 11.2 Å². The van der Waals surface area contributed by atoms with E-state index in [4.69, 9.17) is 21.7 Å². The van der Waals surface area contributed by atoms with E-state index in [1.807, 2.05) is 68.1 Å². The number of para-hydroxylation sites is 1. The summed E-state index contributed by atoms with van der Waals surface area (Å²) in [5.41, 5.74) is 4.75. The van der Waals surface area contributed by atoms with Crippen LogP contribution in [0.3, 0.4) is 0 Å². The highest BCUT2D eigenvalue weighted by Gasteiger charge is 2.59. The van der Waals surface area contributed by atoms with Crippen LogP contribution < -0.4 is 25.0 Å². The number of carbonyl (C=O) groups excluding carboxylic acids is 1. The van der Waals surface area contributed by atoms with Crippen molar-refractivity contribution in [2.24, 2.45) is 5.92 Å². The maximum Gasteiger partial charge on any atom is 0.236 e. The van der Waals surface area contributed by atoms with Crippen LogP contribution in [0.1, 0.15) is 42.1 Å². The lowest BCUT2D eigenvalue weighted by Gasteiger charge is -2.56. The van der Waals surface area contributed by atoms with Crippen LogP contribution in [0, 0.1) is 19.8 Å². The van der Waals surface area contributed by atoms with Gasteiger partial charge in [0, 0.05) is 16.9 Å². The molecule has 36 heavy (non-hydrogen) atoms. The number of rotatable bonds is 5. The molecule has 0 aromatic heterocycles. The van der Waals surface area contributed by atoms with Crippen molar-refractivity contribution in [3.05, 3.63) is 82.9 Å². The van der Waals surface area contributed by atoms with Crippen molar-refractivity contribution in [1.82, 2.24) is 5.32 Å². The van der Waals surface area contributed by atoms with Gasteiger partial charge in [0.15, 0.2) is 22.3 Å². The van der Waals surface area contributed by atoms with Gasteiger partial charge in [0.2, 0.25) is 5.91 Å². The monoisotopic (exact) mass is 501 g/mol. The second-order valence-corrected chi connectivity index (χ2v) is 9.99. The summed E-state index contributed by atoms with van der Waals surface area (Å²) in [6, 6.07) is 19.6. The lowest BCUT2D eigenvalue weighted by molar-refractivity contribution is -0.130. The quantitative estimate of drug-likeness (QED) is 0.439. The van der Waals surface area contributed by atoms with Crippen LogP contribution in [0.4, 0.5) is 11.4 Å². The summed E-state index contributed by atoms with van der Waals surface area (Å²) in [6.45, 7) is 8.09. The van der Waals surface area contributed by atoms with Crippen molar-refractivity contribution < 1.29 is 14.3 Å². The number of aryl methyl sites for hydroxylation is 3. The van der Waals surface area contributed by atoms with Crippen LogP contribution >= 0.6 is 12.2 Å². The number of carbonyl (C=O) groups is 1. The number of benzene rings is 3. The summed E-state index contributed by atoms with van der Waals surface area (Å²) < 4.78 is 12.4. The van der Waals surface area contributed by atoms with Gasteiger partial charge in [-0.05, 0) is 74.8 Å². The van der Waals surface area contributed by atoms with Gasteiger partial charge in [-0.2, -0.15) is 0 Å². The van der Waals surface area contributed by atoms with Gasteiger partial charge in [-0.25, -0.2) is 0 Å². The van der Waals surface area contributed by atoms with Gasteiger partial charge in [-0.1, -0.05) is 48.9 Å². The van der Waals surface area contributed by atoms with Crippen LogP contribution in [0.25, 0.3) is 0 Å². The number of thiocarbonyl (C=S) groups is 1. The molecule has 0 saturated carbocycles. The molecule has 2 aliphatic rings. The van der Waals surface area contributed by atoms with Gasteiger partial charge in [0.1, 0.15) is 5.92 Å². The van der Waals surface area contributed by atoms with Crippen molar-refractivity contribution in [2.45, 2.75) is 45.9 Å². The van der Waals surface area contributed by atoms with Crippen molar-refractivity contribution in [3.8, 4) is 11.5 Å². The SMILES string of the molecule is CCc1ccc(N2C(=S)N[C@H]3c4cccc(OC)c4O[C@@]2(C)[C@@H]3C(=O)Nc2ccc(C)cc2C)cc1. The highest BCUT2D eigenvalue weighted by Crippen LogP contribution is 2.52. The van der Waals surface area contributed by atoms with Crippen LogP contribution in [-0.4, -0.2) is 23.9 Å². The molecule has 1 amide bonds. The van der Waals surface area contributed by atoms with Crippen molar-refractivity contribution in [2.75, 3.05) is 17.3 Å². The molecular weight excluding hydrogens is 470 g/mol. The molecule has 2 aliphatic heterocycles. The molecule has 0 unspecified atom stereocenters. The van der Waals surface area contributed by atoms with E-state index in [0.29, 0.717) is 16.6 Å². The Balaban J connectivity index is 1.63. The molecule has 3 atom stereocenters. The minimum absolute atomic E-state index is 0.145. The molecule has 7 heteroatoms. The van der Waals surface area contributed by atoms with Crippen LogP contribution in [0.5, 0.6) is 11.5 Å². The largest absolute Gasteiger partial charge is 0.493 e. The lowest BCUT2D eigenvalue weighted by atomic mass is 9.78. The fourth-order valence-electron chi connectivity index (χ4n) is 5.36. The predicted molar refractivity (Wildman–Crippen MR) is 147 cm³/mol. The smallest absolute Gasteiger partial charge is 0.236 e. The summed E-state index contributed by atoms with van der Waals surface area (Å²) in [4.78, 5) is 16.0. The van der Waals surface area contributed by atoms with E-state index in [-0.39, 0.29) is 5.91 Å². The molecule has 0 radical (unpaired) electrons. The molecule has 0 spiro atoms. The third-order valence-electron chi connectivity index (χ3n) is 7.23. The van der Waals surface area contributed by atoms with Gasteiger partial charge < -0.3 is 20.1 Å². The maximum atomic E-state index is 14.0. The van der Waals surface area contributed by atoms with E-state index in [1.165, 1.54) is 5.56 Å². The highest BCUT2D eigenvalue weighted by molar-refractivity contribution is 7.80. The number of amides is 1. The van der Waals surface area contributed by atoms with Crippen molar-refractivity contribution in [3.63, 3.8) is 0 Å². The average Bonchev–Trinajstić information content (AvgIpc) is 2.85. The van der Waals surface area contributed by atoms with Crippen LogP contribution in [0.2, 0.25) is 0 Å². The van der Waals surface area contributed by atoms with Crippen molar-refractivity contribution >= 4 is 34.6 Å². The predicted octanol–water partition coefficient (Wildman–Crippen LogP) is 5.67. The molecule has 3 aromatic rings. The zero-order valence-electron chi connectivity index (χ0n) is 21.2. The summed E-state index contributed by atoms with van der Waals surface area (Å²) in [5, 5.41) is 7.13. The van der Waals surface area contributed by atoms with E-state index < -0.39 is 17.7 Å². The Kier molecular flexibility index (Phi) is 6.12. The first-order chi connectivity index (χ1) is 17.3. The number of ether oxygens (including phenoxy) is 2. The molecule has 1 saturated heterocycles. The van der Waals surface area contributed by atoms with E-state index >= 15 is 0 Å². The summed E-state index contributed by atoms with van der Waals surface area (Å²) in [5.74, 6) is 0.476. The van der Waals surface area contributed by atoms with Gasteiger partial charge in [-0.3, -0.25) is 9.69 Å². The summed E-state index contributed by atoms with van der Waals surface area (Å²) in [6.07, 6.45) is 0.935. The van der Waals surface area contributed by atoms with Gasteiger partial charge in [-0.15, -0.1) is 0 Å². The molecule has 5 rings (SSSR count). The number of nitrogens with zero attached hydrogens (tertiary/aromatic N) is 1. The third-order valence-corrected chi connectivity index (χ3v) is 7.53. The lowest BCUT2D eigenvalue weighted by Crippen LogP contribution is -2.72. The highest BCUT2D eigenvalue weighted by atomic mass is 32.1. The van der Waals surface area contributed by atoms with E-state index in [0.717, 1.165) is 34.5 Å². The number of fused-ring (bicyclic) bond motifs is 4. The van der Waals surface area contributed by atoms with E-state index in [1.54, 1.807) is 7.11 Å². The Labute approximate surface area is 217 Å². The molecule has 2 heterocycles. The summed E-state index contributed by atoms with van der Waals surface area (Å²) >= 11 is 5.86. The van der Waals surface area contributed by atoms with Gasteiger partial charge >= 0.3 is 0 Å². The van der Waals surface area contributed by atoms with E-state index in [9.17, 15) is 4.79 Å². The Hall–Kier alpha value is -3.58. The van der Waals surface area contributed by atoms with Gasteiger partial charge in [0.05, 0.1) is 13.2 Å². The average molecular weight is 502 g/mol. The van der Waals surface area contributed by atoms with Crippen molar-refractivity contribution in [1.29, 1.82) is 0 Å². The van der Waals surface area contributed by atoms with E-state index in [2.05, 4.69) is 35.8 Å². The molecule has 186 valence electrons. The zero-order chi connectivity index (χ0) is 25.6. The maximum absolute atomic E-state index is 14.0. The topological polar surface area (TPSA) is 62.8 Å². The Morgan fingerprint density at radius 3 is 2.58 bits per heavy atom. The number of nitrogens with one attached hydrogen (secondary N) is 2. The van der Waals surface area contributed by atoms with Gasteiger partial charge in [0.25, 0.3) is 0 Å². The molecule has 2 bridgehead atoms. The molecule has 0 aliphatic carbocycles. The second-order valence-electron chi connectivity index (χ2n) is 9.60. The fourth-order valence-corrected chi connectivity index (χ4v) is 5.78. The van der Waals surface area contributed by atoms with Crippen LogP contribution in [0.15, 0.2) is 60.7 Å². The zero-order valence-corrected chi connectivity index (χ0v) is 22.0. The first kappa shape index (κ1) is 24.1. The first-order valence-electron chi connectivity index (χ1n) is 12.2. The Morgan fingerprint density at radius 2 is 1.92 bits per heavy atom. The number of hydrogen-bond acceptors (Lipinski definition) is 4. The fraction of sp³-hybridized carbons (Fsp3) is 0.310. The summed E-state index contributed by atoms with van der Waals surface area (Å²) in [7, 11) is 1.62. The third kappa shape index (κ3) is 3.88. The second kappa shape index (κ2) is 9.13. The number of hydrogen-bond donors (Lipinski definition) is 2. The first-order valence-corrected chi connectivity index (χ1v) is 12.6. The standard InChI is InChI=1S/C29H31N3O3S/c1-6-19-11-13-20(14-12-19)32-28(36)31-25-21-8-7-9-23(34-5)26(21)35-29(32,4)24(25)27(33)30-22-15-10-17(2)16-18(22)3/h7-16,24-25H,6H2,1-5H3,(H,30,33)(H,31,36)/t24-,25-,29-/m0/s1. The molecule has 1 fully saturated rings. The minimum Gasteiger partial charge on any atom is -0.493 e. The minimum atomic E-state index is -1.11. The number of anilines is 2. The molecule has 2 N–H and O–H groups in total. The molecular formula is C29H31N3O3S. The normalized spacial score (nSPS) is 22.2. The molecule has 3 aromatic carbocycles. The number of methoxy groups -OCH3 is 1.